The minimum atomic E-state index is -0.0749. The van der Waals surface area contributed by atoms with Gasteiger partial charge < -0.3 is 15.2 Å². The van der Waals surface area contributed by atoms with E-state index in [0.29, 0.717) is 13.2 Å². The van der Waals surface area contributed by atoms with Gasteiger partial charge in [0.2, 0.25) is 0 Å². The van der Waals surface area contributed by atoms with Crippen LogP contribution in [-0.4, -0.2) is 13.2 Å². The Hall–Kier alpha value is -1.48. The molecule has 0 spiro atoms. The zero-order valence-electron chi connectivity index (χ0n) is 9.53. The molecule has 3 nitrogen and oxygen atoms in total. The SMILES string of the molecule is C=C(C)C[C@H](N)c1cccc2c1OCCO2. The van der Waals surface area contributed by atoms with Crippen molar-refractivity contribution in [3.05, 3.63) is 35.9 Å². The minimum Gasteiger partial charge on any atom is -0.486 e. The summed E-state index contributed by atoms with van der Waals surface area (Å²) >= 11 is 0. The second-order valence-corrected chi connectivity index (χ2v) is 4.14. The molecule has 1 aliphatic heterocycles. The summed E-state index contributed by atoms with van der Waals surface area (Å²) in [5, 5.41) is 0. The van der Waals surface area contributed by atoms with Crippen molar-refractivity contribution in [2.24, 2.45) is 5.73 Å². The Morgan fingerprint density at radius 1 is 1.44 bits per heavy atom. The predicted octanol–water partition coefficient (Wildman–Crippen LogP) is 2.42. The van der Waals surface area contributed by atoms with Gasteiger partial charge in [0.05, 0.1) is 0 Å². The van der Waals surface area contributed by atoms with Crippen molar-refractivity contribution in [2.45, 2.75) is 19.4 Å². The van der Waals surface area contributed by atoms with E-state index in [2.05, 4.69) is 6.58 Å². The number of hydrogen-bond donors (Lipinski definition) is 1. The van der Waals surface area contributed by atoms with Crippen LogP contribution in [0, 0.1) is 0 Å². The van der Waals surface area contributed by atoms with Crippen molar-refractivity contribution in [3.63, 3.8) is 0 Å². The number of rotatable bonds is 3. The van der Waals surface area contributed by atoms with Crippen LogP contribution in [0.25, 0.3) is 0 Å². The fourth-order valence-electron chi connectivity index (χ4n) is 1.87. The zero-order chi connectivity index (χ0) is 11.5. The second kappa shape index (κ2) is 4.58. The summed E-state index contributed by atoms with van der Waals surface area (Å²) in [4.78, 5) is 0. The third-order valence-electron chi connectivity index (χ3n) is 2.56. The maximum Gasteiger partial charge on any atom is 0.166 e. The normalized spacial score (nSPS) is 15.6. The Labute approximate surface area is 95.9 Å². The lowest BCUT2D eigenvalue weighted by atomic mass is 10.00. The van der Waals surface area contributed by atoms with Gasteiger partial charge in [0, 0.05) is 11.6 Å². The fraction of sp³-hybridized carbons (Fsp3) is 0.385. The Kier molecular flexibility index (Phi) is 3.15. The minimum absolute atomic E-state index is 0.0749. The Morgan fingerprint density at radius 2 is 2.19 bits per heavy atom. The molecule has 2 N–H and O–H groups in total. The molecule has 0 radical (unpaired) electrons. The highest BCUT2D eigenvalue weighted by Gasteiger charge is 2.19. The van der Waals surface area contributed by atoms with Crippen LogP contribution in [0.5, 0.6) is 11.5 Å². The summed E-state index contributed by atoms with van der Waals surface area (Å²) < 4.78 is 11.1. The number of hydrogen-bond acceptors (Lipinski definition) is 3. The fourth-order valence-corrected chi connectivity index (χ4v) is 1.87. The van der Waals surface area contributed by atoms with Gasteiger partial charge in [-0.3, -0.25) is 0 Å². The number of ether oxygens (including phenoxy) is 2. The molecule has 1 aromatic carbocycles. The second-order valence-electron chi connectivity index (χ2n) is 4.14. The van der Waals surface area contributed by atoms with E-state index < -0.39 is 0 Å². The molecule has 1 heterocycles. The van der Waals surface area contributed by atoms with E-state index in [4.69, 9.17) is 15.2 Å². The van der Waals surface area contributed by atoms with Gasteiger partial charge in [0.15, 0.2) is 11.5 Å². The molecular weight excluding hydrogens is 202 g/mol. The molecule has 0 bridgehead atoms. The number of nitrogens with two attached hydrogens (primary N) is 1. The molecule has 1 aliphatic rings. The highest BCUT2D eigenvalue weighted by molar-refractivity contribution is 5.49. The average molecular weight is 219 g/mol. The third kappa shape index (κ3) is 2.19. The van der Waals surface area contributed by atoms with Crippen LogP contribution in [0.1, 0.15) is 24.9 Å². The van der Waals surface area contributed by atoms with Gasteiger partial charge in [0.25, 0.3) is 0 Å². The van der Waals surface area contributed by atoms with Gasteiger partial charge >= 0.3 is 0 Å². The number of para-hydroxylation sites is 1. The lowest BCUT2D eigenvalue weighted by Crippen LogP contribution is -2.19. The number of fused-ring (bicyclic) bond motifs is 1. The molecule has 16 heavy (non-hydrogen) atoms. The molecule has 0 unspecified atom stereocenters. The largest absolute Gasteiger partial charge is 0.486 e. The standard InChI is InChI=1S/C13H17NO2/c1-9(2)8-11(14)10-4-3-5-12-13(10)16-7-6-15-12/h3-5,11H,1,6-8,14H2,2H3/t11-/m0/s1. The van der Waals surface area contributed by atoms with Crippen LogP contribution in [0.2, 0.25) is 0 Å². The first-order chi connectivity index (χ1) is 7.68. The Morgan fingerprint density at radius 3 is 2.94 bits per heavy atom. The van der Waals surface area contributed by atoms with Crippen LogP contribution in [0.15, 0.2) is 30.4 Å². The average Bonchev–Trinajstić information content (AvgIpc) is 2.27. The molecule has 3 heteroatoms. The molecule has 0 saturated heterocycles. The molecule has 0 aliphatic carbocycles. The van der Waals surface area contributed by atoms with E-state index in [1.807, 2.05) is 25.1 Å². The summed E-state index contributed by atoms with van der Waals surface area (Å²) in [7, 11) is 0. The van der Waals surface area contributed by atoms with Crippen LogP contribution in [-0.2, 0) is 0 Å². The van der Waals surface area contributed by atoms with Crippen molar-refractivity contribution in [3.8, 4) is 11.5 Å². The first-order valence-electron chi connectivity index (χ1n) is 5.47. The van der Waals surface area contributed by atoms with E-state index in [9.17, 15) is 0 Å². The van der Waals surface area contributed by atoms with E-state index in [1.165, 1.54) is 0 Å². The molecule has 86 valence electrons. The molecule has 0 aromatic heterocycles. The highest BCUT2D eigenvalue weighted by atomic mass is 16.6. The van der Waals surface area contributed by atoms with E-state index in [-0.39, 0.29) is 6.04 Å². The van der Waals surface area contributed by atoms with E-state index >= 15 is 0 Å². The smallest absolute Gasteiger partial charge is 0.166 e. The quantitative estimate of drug-likeness (QED) is 0.794. The predicted molar refractivity (Wildman–Crippen MR) is 63.8 cm³/mol. The summed E-state index contributed by atoms with van der Waals surface area (Å²) in [5.74, 6) is 1.59. The van der Waals surface area contributed by atoms with E-state index in [1.54, 1.807) is 0 Å². The first kappa shape index (κ1) is 11.0. The van der Waals surface area contributed by atoms with Crippen molar-refractivity contribution in [1.29, 1.82) is 0 Å². The van der Waals surface area contributed by atoms with Gasteiger partial charge in [-0.25, -0.2) is 0 Å². The van der Waals surface area contributed by atoms with Gasteiger partial charge in [-0.15, -0.1) is 6.58 Å². The van der Waals surface area contributed by atoms with Crippen molar-refractivity contribution in [2.75, 3.05) is 13.2 Å². The van der Waals surface area contributed by atoms with Crippen molar-refractivity contribution < 1.29 is 9.47 Å². The summed E-state index contributed by atoms with van der Waals surface area (Å²) in [6.45, 7) is 7.05. The van der Waals surface area contributed by atoms with Crippen LogP contribution >= 0.6 is 0 Å². The molecule has 0 amide bonds. The molecule has 1 aromatic rings. The molecule has 0 saturated carbocycles. The Bertz CT molecular complexity index is 401. The summed E-state index contributed by atoms with van der Waals surface area (Å²) in [6.07, 6.45) is 0.764. The molecule has 2 rings (SSSR count). The van der Waals surface area contributed by atoms with E-state index in [0.717, 1.165) is 29.1 Å². The van der Waals surface area contributed by atoms with Crippen LogP contribution in [0.4, 0.5) is 0 Å². The third-order valence-corrected chi connectivity index (χ3v) is 2.56. The van der Waals surface area contributed by atoms with Gasteiger partial charge in [0.1, 0.15) is 13.2 Å². The van der Waals surface area contributed by atoms with Crippen molar-refractivity contribution >= 4 is 0 Å². The van der Waals surface area contributed by atoms with Gasteiger partial charge in [-0.1, -0.05) is 17.7 Å². The lowest BCUT2D eigenvalue weighted by Gasteiger charge is -2.23. The lowest BCUT2D eigenvalue weighted by molar-refractivity contribution is 0.169. The monoisotopic (exact) mass is 219 g/mol. The zero-order valence-corrected chi connectivity index (χ0v) is 9.53. The topological polar surface area (TPSA) is 44.5 Å². The maximum atomic E-state index is 6.12. The maximum absolute atomic E-state index is 6.12. The first-order valence-corrected chi connectivity index (χ1v) is 5.47. The number of benzene rings is 1. The van der Waals surface area contributed by atoms with Crippen LogP contribution in [0.3, 0.4) is 0 Å². The van der Waals surface area contributed by atoms with Gasteiger partial charge in [-0.2, -0.15) is 0 Å². The van der Waals surface area contributed by atoms with Crippen molar-refractivity contribution in [1.82, 2.24) is 0 Å². The van der Waals surface area contributed by atoms with Gasteiger partial charge in [-0.05, 0) is 19.4 Å². The molecule has 1 atom stereocenters. The Balaban J connectivity index is 2.29. The molecular formula is C13H17NO2. The summed E-state index contributed by atoms with van der Waals surface area (Å²) in [6, 6.07) is 5.77. The molecule has 0 fully saturated rings. The summed E-state index contributed by atoms with van der Waals surface area (Å²) in [5.41, 5.74) is 8.19. The van der Waals surface area contributed by atoms with Crippen LogP contribution < -0.4 is 15.2 Å². The highest BCUT2D eigenvalue weighted by Crippen LogP contribution is 2.37.